The van der Waals surface area contributed by atoms with E-state index in [0.717, 1.165) is 44.6 Å². The van der Waals surface area contributed by atoms with Gasteiger partial charge in [0.2, 0.25) is 5.91 Å². The second kappa shape index (κ2) is 5.36. The van der Waals surface area contributed by atoms with Crippen molar-refractivity contribution in [2.45, 2.75) is 32.2 Å². The van der Waals surface area contributed by atoms with E-state index in [4.69, 9.17) is 5.73 Å². The van der Waals surface area contributed by atoms with Crippen molar-refractivity contribution in [1.29, 1.82) is 0 Å². The summed E-state index contributed by atoms with van der Waals surface area (Å²) in [6, 6.07) is 1.88. The number of carbonyl (C=O) groups excluding carboxylic acids is 1. The minimum absolute atomic E-state index is 0.0846. The van der Waals surface area contributed by atoms with Crippen LogP contribution in [-0.2, 0) is 4.79 Å². The first kappa shape index (κ1) is 13.3. The summed E-state index contributed by atoms with van der Waals surface area (Å²) in [6.45, 7) is 4.54. The Bertz CT molecular complexity index is 492. The summed E-state index contributed by atoms with van der Waals surface area (Å²) in [5, 5.41) is 3.29. The van der Waals surface area contributed by atoms with Gasteiger partial charge in [-0.1, -0.05) is 0 Å². The van der Waals surface area contributed by atoms with Gasteiger partial charge in [0.05, 0.1) is 11.7 Å². The number of carbonyl (C=O) groups is 1. The largest absolute Gasteiger partial charge is 0.384 e. The highest BCUT2D eigenvalue weighted by molar-refractivity contribution is 5.80. The van der Waals surface area contributed by atoms with Gasteiger partial charge in [-0.2, -0.15) is 0 Å². The van der Waals surface area contributed by atoms with Crippen molar-refractivity contribution in [2.75, 3.05) is 25.4 Å². The lowest BCUT2D eigenvalue weighted by Gasteiger charge is -2.43. The molecule has 1 aromatic rings. The van der Waals surface area contributed by atoms with Crippen LogP contribution in [0.3, 0.4) is 0 Å². The molecule has 1 aromatic heterocycles. The molecule has 6 nitrogen and oxygen atoms in total. The summed E-state index contributed by atoms with van der Waals surface area (Å²) < 4.78 is 0. The Hall–Kier alpha value is -1.69. The SMILES string of the molecule is Cc1nc(N)cc(C2CCN2C(=O)C2CCNCC2)n1. The molecule has 108 valence electrons. The maximum absolute atomic E-state index is 12.6. The third-order valence-electron chi connectivity index (χ3n) is 4.21. The third-order valence-corrected chi connectivity index (χ3v) is 4.21. The van der Waals surface area contributed by atoms with E-state index in [1.165, 1.54) is 0 Å². The van der Waals surface area contributed by atoms with Gasteiger partial charge in [0.25, 0.3) is 0 Å². The molecular weight excluding hydrogens is 254 g/mol. The molecule has 3 N–H and O–H groups in total. The van der Waals surface area contributed by atoms with Gasteiger partial charge in [-0.3, -0.25) is 4.79 Å². The van der Waals surface area contributed by atoms with Crippen molar-refractivity contribution >= 4 is 11.7 Å². The Kier molecular flexibility index (Phi) is 3.56. The van der Waals surface area contributed by atoms with Crippen LogP contribution in [0, 0.1) is 12.8 Å². The van der Waals surface area contributed by atoms with Crippen LogP contribution in [0.1, 0.15) is 36.8 Å². The molecule has 3 heterocycles. The van der Waals surface area contributed by atoms with Gasteiger partial charge in [0, 0.05) is 18.5 Å². The first-order valence-corrected chi connectivity index (χ1v) is 7.27. The maximum atomic E-state index is 12.6. The second-order valence-electron chi connectivity index (χ2n) is 5.63. The zero-order chi connectivity index (χ0) is 14.1. The van der Waals surface area contributed by atoms with E-state index in [2.05, 4.69) is 15.3 Å². The smallest absolute Gasteiger partial charge is 0.226 e. The summed E-state index contributed by atoms with van der Waals surface area (Å²) in [5.41, 5.74) is 6.66. The lowest BCUT2D eigenvalue weighted by Crippen LogP contribution is -2.49. The number of nitrogens with one attached hydrogen (secondary N) is 1. The van der Waals surface area contributed by atoms with Crippen molar-refractivity contribution < 1.29 is 4.79 Å². The van der Waals surface area contributed by atoms with Gasteiger partial charge >= 0.3 is 0 Å². The van der Waals surface area contributed by atoms with Crippen LogP contribution >= 0.6 is 0 Å². The molecule has 0 radical (unpaired) electrons. The van der Waals surface area contributed by atoms with Crippen LogP contribution in [0.25, 0.3) is 0 Å². The number of hydrogen-bond acceptors (Lipinski definition) is 5. The Morgan fingerprint density at radius 1 is 1.35 bits per heavy atom. The number of piperidine rings is 1. The Balaban J connectivity index is 1.73. The van der Waals surface area contributed by atoms with E-state index >= 15 is 0 Å². The summed E-state index contributed by atoms with van der Waals surface area (Å²) in [5.74, 6) is 1.59. The lowest BCUT2D eigenvalue weighted by atomic mass is 9.91. The van der Waals surface area contributed by atoms with Crippen LogP contribution in [0.2, 0.25) is 0 Å². The molecular formula is C14H21N5O. The molecule has 1 amide bonds. The number of likely N-dealkylation sites (tertiary alicyclic amines) is 1. The number of amides is 1. The molecule has 2 aliphatic heterocycles. The molecule has 3 rings (SSSR count). The molecule has 1 atom stereocenters. The van der Waals surface area contributed by atoms with Gasteiger partial charge in [-0.05, 0) is 39.3 Å². The molecule has 0 bridgehead atoms. The number of aromatic nitrogens is 2. The Morgan fingerprint density at radius 2 is 2.10 bits per heavy atom. The van der Waals surface area contributed by atoms with Gasteiger partial charge in [-0.25, -0.2) is 9.97 Å². The van der Waals surface area contributed by atoms with Gasteiger partial charge in [-0.15, -0.1) is 0 Å². The van der Waals surface area contributed by atoms with Crippen LogP contribution in [0.5, 0.6) is 0 Å². The van der Waals surface area contributed by atoms with Crippen molar-refractivity contribution in [3.63, 3.8) is 0 Å². The Labute approximate surface area is 118 Å². The standard InChI is InChI=1S/C14H21N5O/c1-9-17-11(8-13(15)18-9)12-4-7-19(12)14(20)10-2-5-16-6-3-10/h8,10,12,16H,2-7H2,1H3,(H2,15,17,18). The van der Waals surface area contributed by atoms with E-state index in [9.17, 15) is 4.79 Å². The average Bonchev–Trinajstić information content (AvgIpc) is 2.37. The average molecular weight is 275 g/mol. The summed E-state index contributed by atoms with van der Waals surface area (Å²) >= 11 is 0. The van der Waals surface area contributed by atoms with Gasteiger partial charge < -0.3 is 16.0 Å². The second-order valence-corrected chi connectivity index (χ2v) is 5.63. The highest BCUT2D eigenvalue weighted by atomic mass is 16.2. The van der Waals surface area contributed by atoms with Crippen LogP contribution in [0.15, 0.2) is 6.07 Å². The number of nitrogens with zero attached hydrogens (tertiary/aromatic N) is 3. The molecule has 0 aliphatic carbocycles. The molecule has 0 saturated carbocycles. The minimum Gasteiger partial charge on any atom is -0.384 e. The van der Waals surface area contributed by atoms with E-state index in [-0.39, 0.29) is 17.9 Å². The lowest BCUT2D eigenvalue weighted by molar-refractivity contribution is -0.144. The third kappa shape index (κ3) is 2.47. The van der Waals surface area contributed by atoms with Gasteiger partial charge in [0.15, 0.2) is 0 Å². The van der Waals surface area contributed by atoms with Crippen LogP contribution in [-0.4, -0.2) is 40.4 Å². The number of hydrogen-bond donors (Lipinski definition) is 2. The fourth-order valence-electron chi connectivity index (χ4n) is 3.05. The first-order chi connectivity index (χ1) is 9.65. The molecule has 0 spiro atoms. The number of aryl methyl sites for hydroxylation is 1. The Morgan fingerprint density at radius 3 is 2.70 bits per heavy atom. The quantitative estimate of drug-likeness (QED) is 0.827. The van der Waals surface area contributed by atoms with E-state index in [0.29, 0.717) is 11.6 Å². The zero-order valence-electron chi connectivity index (χ0n) is 11.8. The normalized spacial score (nSPS) is 23.4. The first-order valence-electron chi connectivity index (χ1n) is 7.27. The number of anilines is 1. The van der Waals surface area contributed by atoms with Crippen molar-refractivity contribution in [3.05, 3.63) is 17.6 Å². The van der Waals surface area contributed by atoms with E-state index < -0.39 is 0 Å². The van der Waals surface area contributed by atoms with E-state index in [1.807, 2.05) is 11.8 Å². The highest BCUT2D eigenvalue weighted by Gasteiger charge is 2.38. The fourth-order valence-corrected chi connectivity index (χ4v) is 3.05. The zero-order valence-corrected chi connectivity index (χ0v) is 11.8. The fraction of sp³-hybridized carbons (Fsp3) is 0.643. The van der Waals surface area contributed by atoms with Crippen LogP contribution in [0.4, 0.5) is 5.82 Å². The van der Waals surface area contributed by atoms with Gasteiger partial charge in [0.1, 0.15) is 11.6 Å². The monoisotopic (exact) mass is 275 g/mol. The highest BCUT2D eigenvalue weighted by Crippen LogP contribution is 2.35. The number of nitrogens with two attached hydrogens (primary N) is 1. The van der Waals surface area contributed by atoms with Crippen LogP contribution < -0.4 is 11.1 Å². The molecule has 0 aromatic carbocycles. The minimum atomic E-state index is 0.0846. The number of rotatable bonds is 2. The molecule has 20 heavy (non-hydrogen) atoms. The molecule has 2 fully saturated rings. The summed E-state index contributed by atoms with van der Waals surface area (Å²) in [4.78, 5) is 23.0. The molecule has 6 heteroatoms. The molecule has 2 aliphatic rings. The molecule has 1 unspecified atom stereocenters. The summed E-state index contributed by atoms with van der Waals surface area (Å²) in [6.07, 6.45) is 2.84. The van der Waals surface area contributed by atoms with Crippen molar-refractivity contribution in [2.24, 2.45) is 5.92 Å². The molecule has 2 saturated heterocycles. The number of nitrogen functional groups attached to an aromatic ring is 1. The topological polar surface area (TPSA) is 84.1 Å². The van der Waals surface area contributed by atoms with Crippen molar-refractivity contribution in [1.82, 2.24) is 20.2 Å². The summed E-state index contributed by atoms with van der Waals surface area (Å²) in [7, 11) is 0. The van der Waals surface area contributed by atoms with Crippen molar-refractivity contribution in [3.8, 4) is 0 Å². The predicted octanol–water partition coefficient (Wildman–Crippen LogP) is 0.640. The maximum Gasteiger partial charge on any atom is 0.226 e. The predicted molar refractivity (Wildman–Crippen MR) is 75.8 cm³/mol. The van der Waals surface area contributed by atoms with E-state index in [1.54, 1.807) is 6.07 Å².